The molecule has 1 fully saturated rings. The quantitative estimate of drug-likeness (QED) is 0.738. The molecule has 3 nitrogen and oxygen atoms in total. The Balaban J connectivity index is 2.17. The van der Waals surface area contributed by atoms with Gasteiger partial charge in [-0.25, -0.2) is 4.39 Å². The van der Waals surface area contributed by atoms with Crippen molar-refractivity contribution in [3.05, 3.63) is 34.1 Å². The minimum Gasteiger partial charge on any atom is -0.374 e. The molecule has 1 aliphatic rings. The highest BCUT2D eigenvalue weighted by Gasteiger charge is 2.25. The van der Waals surface area contributed by atoms with Crippen molar-refractivity contribution in [1.29, 1.82) is 0 Å². The van der Waals surface area contributed by atoms with Crippen LogP contribution in [0.3, 0.4) is 0 Å². The SMILES string of the molecule is O=C(c1cc(F)ccc1Br)N1CCOC(CBr)C1. The van der Waals surface area contributed by atoms with Crippen molar-refractivity contribution < 1.29 is 13.9 Å². The van der Waals surface area contributed by atoms with E-state index >= 15 is 0 Å². The van der Waals surface area contributed by atoms with Crippen molar-refractivity contribution in [2.75, 3.05) is 25.0 Å². The first-order valence-electron chi connectivity index (χ1n) is 5.53. The van der Waals surface area contributed by atoms with Gasteiger partial charge >= 0.3 is 0 Å². The van der Waals surface area contributed by atoms with Gasteiger partial charge in [0.2, 0.25) is 0 Å². The lowest BCUT2D eigenvalue weighted by Gasteiger charge is -2.32. The first kappa shape index (κ1) is 14.0. The van der Waals surface area contributed by atoms with Gasteiger partial charge in [0.05, 0.1) is 18.3 Å². The summed E-state index contributed by atoms with van der Waals surface area (Å²) in [6.07, 6.45) is -0.00460. The number of hydrogen-bond donors (Lipinski definition) is 0. The minimum absolute atomic E-state index is 0.00460. The Morgan fingerprint density at radius 3 is 3.06 bits per heavy atom. The Morgan fingerprint density at radius 2 is 2.33 bits per heavy atom. The Kier molecular flexibility index (Phi) is 4.75. The van der Waals surface area contributed by atoms with Crippen molar-refractivity contribution in [3.63, 3.8) is 0 Å². The summed E-state index contributed by atoms with van der Waals surface area (Å²) < 4.78 is 19.3. The summed E-state index contributed by atoms with van der Waals surface area (Å²) in [5.74, 6) is -0.581. The monoisotopic (exact) mass is 379 g/mol. The first-order valence-corrected chi connectivity index (χ1v) is 7.45. The predicted octanol–water partition coefficient (Wildman–Crippen LogP) is 2.82. The summed E-state index contributed by atoms with van der Waals surface area (Å²) in [6, 6.07) is 4.12. The number of rotatable bonds is 2. The normalized spacial score (nSPS) is 19.9. The summed E-state index contributed by atoms with van der Waals surface area (Å²) in [7, 11) is 0. The van der Waals surface area contributed by atoms with E-state index in [2.05, 4.69) is 31.9 Å². The third-order valence-electron chi connectivity index (χ3n) is 2.76. The largest absolute Gasteiger partial charge is 0.374 e. The van der Waals surface area contributed by atoms with E-state index < -0.39 is 5.82 Å². The van der Waals surface area contributed by atoms with Crippen LogP contribution in [0.5, 0.6) is 0 Å². The molecule has 1 atom stereocenters. The highest BCUT2D eigenvalue weighted by molar-refractivity contribution is 9.10. The van der Waals surface area contributed by atoms with Gasteiger partial charge in [-0.2, -0.15) is 0 Å². The summed E-state index contributed by atoms with van der Waals surface area (Å²) in [5.41, 5.74) is 0.352. The molecule has 0 aliphatic carbocycles. The third-order valence-corrected chi connectivity index (χ3v) is 4.17. The van der Waals surface area contributed by atoms with E-state index in [1.54, 1.807) is 11.0 Å². The average molecular weight is 381 g/mol. The number of benzene rings is 1. The van der Waals surface area contributed by atoms with Crippen LogP contribution in [0.15, 0.2) is 22.7 Å². The second kappa shape index (κ2) is 6.12. The minimum atomic E-state index is -0.410. The van der Waals surface area contributed by atoms with Crippen molar-refractivity contribution in [2.24, 2.45) is 0 Å². The Morgan fingerprint density at radius 1 is 1.56 bits per heavy atom. The smallest absolute Gasteiger partial charge is 0.255 e. The maximum atomic E-state index is 13.2. The van der Waals surface area contributed by atoms with E-state index in [1.165, 1.54) is 12.1 Å². The Labute approximate surface area is 122 Å². The van der Waals surface area contributed by atoms with Crippen LogP contribution in [0.1, 0.15) is 10.4 Å². The number of nitrogens with zero attached hydrogens (tertiary/aromatic N) is 1. The zero-order valence-corrected chi connectivity index (χ0v) is 12.7. The average Bonchev–Trinajstić information content (AvgIpc) is 2.41. The van der Waals surface area contributed by atoms with E-state index in [0.29, 0.717) is 35.1 Å². The molecule has 1 unspecified atom stereocenters. The molecule has 0 spiro atoms. The molecular formula is C12H12Br2FNO2. The van der Waals surface area contributed by atoms with Crippen LogP contribution in [0.25, 0.3) is 0 Å². The van der Waals surface area contributed by atoms with Crippen LogP contribution in [0.2, 0.25) is 0 Å². The topological polar surface area (TPSA) is 29.5 Å². The molecule has 0 radical (unpaired) electrons. The molecule has 1 aromatic rings. The van der Waals surface area contributed by atoms with Gasteiger partial charge < -0.3 is 9.64 Å². The van der Waals surface area contributed by atoms with Crippen LogP contribution in [-0.2, 0) is 4.74 Å². The van der Waals surface area contributed by atoms with E-state index in [4.69, 9.17) is 4.74 Å². The van der Waals surface area contributed by atoms with E-state index in [1.807, 2.05) is 0 Å². The number of morpholine rings is 1. The molecule has 0 bridgehead atoms. The molecule has 0 N–H and O–H groups in total. The molecule has 2 rings (SSSR count). The number of halogens is 3. The van der Waals surface area contributed by atoms with E-state index in [9.17, 15) is 9.18 Å². The second-order valence-corrected chi connectivity index (χ2v) is 5.52. The fraction of sp³-hybridized carbons (Fsp3) is 0.417. The van der Waals surface area contributed by atoms with E-state index in [-0.39, 0.29) is 12.0 Å². The molecule has 0 saturated carbocycles. The number of ether oxygens (including phenoxy) is 1. The van der Waals surface area contributed by atoms with Crippen molar-refractivity contribution in [2.45, 2.75) is 6.10 Å². The van der Waals surface area contributed by atoms with Gasteiger partial charge in [0, 0.05) is 22.9 Å². The van der Waals surface area contributed by atoms with Crippen LogP contribution >= 0.6 is 31.9 Å². The Bertz CT molecular complexity index is 456. The Hall–Kier alpha value is -0.460. The van der Waals surface area contributed by atoms with Crippen molar-refractivity contribution >= 4 is 37.8 Å². The molecule has 6 heteroatoms. The molecule has 98 valence electrons. The van der Waals surface area contributed by atoms with Crippen molar-refractivity contribution in [3.8, 4) is 0 Å². The van der Waals surface area contributed by atoms with Gasteiger partial charge in [0.25, 0.3) is 5.91 Å². The highest BCUT2D eigenvalue weighted by Crippen LogP contribution is 2.21. The molecule has 18 heavy (non-hydrogen) atoms. The van der Waals surface area contributed by atoms with Gasteiger partial charge in [-0.1, -0.05) is 15.9 Å². The number of alkyl halides is 1. The van der Waals surface area contributed by atoms with Gasteiger partial charge in [-0.05, 0) is 34.1 Å². The lowest BCUT2D eigenvalue weighted by molar-refractivity contribution is -0.00970. The molecule has 1 heterocycles. The summed E-state index contributed by atoms with van der Waals surface area (Å²) in [5, 5.41) is 0.682. The number of hydrogen-bond acceptors (Lipinski definition) is 2. The summed E-state index contributed by atoms with van der Waals surface area (Å²) in [6.45, 7) is 1.56. The lowest BCUT2D eigenvalue weighted by atomic mass is 10.1. The van der Waals surface area contributed by atoms with Crippen molar-refractivity contribution in [1.82, 2.24) is 4.90 Å². The fourth-order valence-electron chi connectivity index (χ4n) is 1.83. The maximum absolute atomic E-state index is 13.2. The molecule has 1 aromatic carbocycles. The zero-order chi connectivity index (χ0) is 13.1. The van der Waals surface area contributed by atoms with Gasteiger partial charge in [-0.15, -0.1) is 0 Å². The number of carbonyl (C=O) groups is 1. The van der Waals surface area contributed by atoms with Gasteiger partial charge in [0.1, 0.15) is 5.82 Å². The van der Waals surface area contributed by atoms with Gasteiger partial charge in [0.15, 0.2) is 0 Å². The molecule has 1 saturated heterocycles. The number of amides is 1. The van der Waals surface area contributed by atoms with E-state index in [0.717, 1.165) is 0 Å². The maximum Gasteiger partial charge on any atom is 0.255 e. The second-order valence-electron chi connectivity index (χ2n) is 4.02. The van der Waals surface area contributed by atoms with Crippen LogP contribution in [0, 0.1) is 5.82 Å². The molecule has 1 aliphatic heterocycles. The predicted molar refractivity (Wildman–Crippen MR) is 73.5 cm³/mol. The van der Waals surface area contributed by atoms with Gasteiger partial charge in [-0.3, -0.25) is 4.79 Å². The third kappa shape index (κ3) is 3.10. The molecular weight excluding hydrogens is 369 g/mol. The standard InChI is InChI=1S/C12H12Br2FNO2/c13-6-9-7-16(3-4-18-9)12(17)10-5-8(15)1-2-11(10)14/h1-2,5,9H,3-4,6-7H2. The van der Waals surface area contributed by atoms with Crippen LogP contribution < -0.4 is 0 Å². The number of carbonyl (C=O) groups excluding carboxylic acids is 1. The van der Waals surface area contributed by atoms with Crippen LogP contribution in [-0.4, -0.2) is 41.9 Å². The van der Waals surface area contributed by atoms with Crippen LogP contribution in [0.4, 0.5) is 4.39 Å². The first-order chi connectivity index (χ1) is 8.61. The summed E-state index contributed by atoms with van der Waals surface area (Å²) in [4.78, 5) is 14.0. The highest BCUT2D eigenvalue weighted by atomic mass is 79.9. The molecule has 1 amide bonds. The summed E-state index contributed by atoms with van der Waals surface area (Å²) >= 11 is 6.61. The lowest BCUT2D eigenvalue weighted by Crippen LogP contribution is -2.46. The fourth-order valence-corrected chi connectivity index (χ4v) is 2.64. The zero-order valence-electron chi connectivity index (χ0n) is 9.54. The molecule has 0 aromatic heterocycles.